The van der Waals surface area contributed by atoms with E-state index in [-0.39, 0.29) is 23.9 Å². The third-order valence-electron chi connectivity index (χ3n) is 4.39. The molecule has 4 heteroatoms. The second-order valence-electron chi connectivity index (χ2n) is 6.56. The lowest BCUT2D eigenvalue weighted by Crippen LogP contribution is -2.41. The standard InChI is InChI=1S/C17H27N3O/c1-11(2)15(16-12(3)6-5-9-19-16)20-17(21)13-7-4-8-14(18)10-13/h5-6,9,11,13-15H,4,7-8,10,18H2,1-3H3,(H,20,21). The summed E-state index contributed by atoms with van der Waals surface area (Å²) in [5.74, 6) is 0.493. The quantitative estimate of drug-likeness (QED) is 0.895. The van der Waals surface area contributed by atoms with Crippen LogP contribution in [0.5, 0.6) is 0 Å². The van der Waals surface area contributed by atoms with Gasteiger partial charge in [-0.1, -0.05) is 26.3 Å². The number of nitrogens with two attached hydrogens (primary N) is 1. The molecule has 0 aliphatic heterocycles. The molecule has 3 atom stereocenters. The zero-order valence-electron chi connectivity index (χ0n) is 13.3. The van der Waals surface area contributed by atoms with Crippen LogP contribution in [-0.4, -0.2) is 16.9 Å². The number of nitrogens with zero attached hydrogens (tertiary/aromatic N) is 1. The van der Waals surface area contributed by atoms with Gasteiger partial charge in [0.05, 0.1) is 11.7 Å². The average molecular weight is 289 g/mol. The largest absolute Gasteiger partial charge is 0.347 e. The van der Waals surface area contributed by atoms with E-state index < -0.39 is 0 Å². The van der Waals surface area contributed by atoms with Crippen LogP contribution >= 0.6 is 0 Å². The monoisotopic (exact) mass is 289 g/mol. The van der Waals surface area contributed by atoms with Gasteiger partial charge in [0.15, 0.2) is 0 Å². The zero-order valence-corrected chi connectivity index (χ0v) is 13.3. The number of aryl methyl sites for hydroxylation is 1. The molecule has 116 valence electrons. The molecule has 1 aromatic rings. The van der Waals surface area contributed by atoms with Crippen molar-refractivity contribution in [2.24, 2.45) is 17.6 Å². The van der Waals surface area contributed by atoms with E-state index in [2.05, 4.69) is 24.1 Å². The molecule has 0 radical (unpaired) electrons. The van der Waals surface area contributed by atoms with Crippen LogP contribution in [0.1, 0.15) is 56.8 Å². The van der Waals surface area contributed by atoms with Gasteiger partial charge in [-0.3, -0.25) is 9.78 Å². The highest BCUT2D eigenvalue weighted by Gasteiger charge is 2.29. The summed E-state index contributed by atoms with van der Waals surface area (Å²) in [7, 11) is 0. The Bertz CT molecular complexity index is 487. The van der Waals surface area contributed by atoms with E-state index in [4.69, 9.17) is 5.73 Å². The Hall–Kier alpha value is -1.42. The average Bonchev–Trinajstić information content (AvgIpc) is 2.45. The van der Waals surface area contributed by atoms with Crippen LogP contribution in [0.2, 0.25) is 0 Å². The number of aromatic nitrogens is 1. The molecule has 1 heterocycles. The fraction of sp³-hybridized carbons (Fsp3) is 0.647. The number of amides is 1. The van der Waals surface area contributed by atoms with Crippen LogP contribution in [0.15, 0.2) is 18.3 Å². The maximum absolute atomic E-state index is 12.5. The van der Waals surface area contributed by atoms with Crippen molar-refractivity contribution in [2.45, 2.75) is 58.5 Å². The van der Waals surface area contributed by atoms with Gasteiger partial charge in [-0.2, -0.15) is 0 Å². The molecule has 3 unspecified atom stereocenters. The van der Waals surface area contributed by atoms with Crippen LogP contribution in [0, 0.1) is 18.8 Å². The normalized spacial score (nSPS) is 23.9. The fourth-order valence-corrected chi connectivity index (χ4v) is 3.11. The molecule has 1 aliphatic rings. The van der Waals surface area contributed by atoms with Crippen molar-refractivity contribution in [3.63, 3.8) is 0 Å². The van der Waals surface area contributed by atoms with Crippen molar-refractivity contribution in [2.75, 3.05) is 0 Å². The van der Waals surface area contributed by atoms with E-state index in [1.807, 2.05) is 19.1 Å². The van der Waals surface area contributed by atoms with E-state index in [9.17, 15) is 4.79 Å². The highest BCUT2D eigenvalue weighted by atomic mass is 16.1. The number of hydrogen-bond acceptors (Lipinski definition) is 3. The Labute approximate surface area is 127 Å². The first-order chi connectivity index (χ1) is 9.99. The summed E-state index contributed by atoms with van der Waals surface area (Å²) in [5, 5.41) is 3.21. The predicted octanol–water partition coefficient (Wildman–Crippen LogP) is 2.72. The van der Waals surface area contributed by atoms with Gasteiger partial charge >= 0.3 is 0 Å². The first kappa shape index (κ1) is 16.0. The second kappa shape index (κ2) is 7.03. The molecule has 21 heavy (non-hydrogen) atoms. The van der Waals surface area contributed by atoms with Crippen molar-refractivity contribution in [3.8, 4) is 0 Å². The maximum atomic E-state index is 12.5. The number of hydrogen-bond donors (Lipinski definition) is 2. The third kappa shape index (κ3) is 4.03. The first-order valence-electron chi connectivity index (χ1n) is 7.96. The molecule has 1 saturated carbocycles. The number of carbonyl (C=O) groups excluding carboxylic acids is 1. The summed E-state index contributed by atoms with van der Waals surface area (Å²) in [6, 6.07) is 4.11. The van der Waals surface area contributed by atoms with Gasteiger partial charge in [-0.05, 0) is 43.7 Å². The van der Waals surface area contributed by atoms with Gasteiger partial charge in [0, 0.05) is 18.2 Å². The van der Waals surface area contributed by atoms with Crippen molar-refractivity contribution in [1.82, 2.24) is 10.3 Å². The van der Waals surface area contributed by atoms with Crippen LogP contribution in [0.3, 0.4) is 0 Å². The summed E-state index contributed by atoms with van der Waals surface area (Å²) >= 11 is 0. The SMILES string of the molecule is Cc1cccnc1C(NC(=O)C1CCCC(N)C1)C(C)C. The molecule has 1 aromatic heterocycles. The molecule has 0 spiro atoms. The Kier molecular flexibility index (Phi) is 5.34. The molecule has 0 bridgehead atoms. The van der Waals surface area contributed by atoms with Gasteiger partial charge in [-0.15, -0.1) is 0 Å². The molecule has 3 N–H and O–H groups in total. The van der Waals surface area contributed by atoms with Gasteiger partial charge in [-0.25, -0.2) is 0 Å². The number of rotatable bonds is 4. The van der Waals surface area contributed by atoms with Crippen LogP contribution < -0.4 is 11.1 Å². The molecule has 1 amide bonds. The summed E-state index contributed by atoms with van der Waals surface area (Å²) in [6.07, 6.45) is 5.63. The highest BCUT2D eigenvalue weighted by Crippen LogP contribution is 2.27. The van der Waals surface area contributed by atoms with Crippen molar-refractivity contribution in [3.05, 3.63) is 29.6 Å². The topological polar surface area (TPSA) is 68.0 Å². The van der Waals surface area contributed by atoms with Gasteiger partial charge < -0.3 is 11.1 Å². The Morgan fingerprint density at radius 1 is 1.43 bits per heavy atom. The smallest absolute Gasteiger partial charge is 0.223 e. The summed E-state index contributed by atoms with van der Waals surface area (Å²) in [6.45, 7) is 6.28. The molecule has 1 aliphatic carbocycles. The molecule has 0 saturated heterocycles. The number of nitrogens with one attached hydrogen (secondary N) is 1. The molecular formula is C17H27N3O. The molecular weight excluding hydrogens is 262 g/mol. The molecule has 1 fully saturated rings. The van der Waals surface area contributed by atoms with Crippen LogP contribution in [0.25, 0.3) is 0 Å². The zero-order chi connectivity index (χ0) is 15.4. The lowest BCUT2D eigenvalue weighted by Gasteiger charge is -2.29. The van der Waals surface area contributed by atoms with Gasteiger partial charge in [0.2, 0.25) is 5.91 Å². The first-order valence-corrected chi connectivity index (χ1v) is 7.96. The molecule has 2 rings (SSSR count). The Morgan fingerprint density at radius 2 is 2.19 bits per heavy atom. The van der Waals surface area contributed by atoms with Crippen molar-refractivity contribution < 1.29 is 4.79 Å². The van der Waals surface area contributed by atoms with Gasteiger partial charge in [0.25, 0.3) is 0 Å². The van der Waals surface area contributed by atoms with E-state index >= 15 is 0 Å². The van der Waals surface area contributed by atoms with Crippen molar-refractivity contribution in [1.29, 1.82) is 0 Å². The lowest BCUT2D eigenvalue weighted by atomic mass is 9.85. The summed E-state index contributed by atoms with van der Waals surface area (Å²) < 4.78 is 0. The van der Waals surface area contributed by atoms with E-state index in [1.54, 1.807) is 6.20 Å². The van der Waals surface area contributed by atoms with Gasteiger partial charge in [0.1, 0.15) is 0 Å². The van der Waals surface area contributed by atoms with Crippen LogP contribution in [0.4, 0.5) is 0 Å². The fourth-order valence-electron chi connectivity index (χ4n) is 3.11. The van der Waals surface area contributed by atoms with Crippen molar-refractivity contribution >= 4 is 5.91 Å². The minimum absolute atomic E-state index is 0.0307. The number of pyridine rings is 1. The highest BCUT2D eigenvalue weighted by molar-refractivity contribution is 5.79. The van der Waals surface area contributed by atoms with E-state index in [0.29, 0.717) is 5.92 Å². The van der Waals surface area contributed by atoms with Crippen LogP contribution in [-0.2, 0) is 4.79 Å². The Morgan fingerprint density at radius 3 is 2.81 bits per heavy atom. The summed E-state index contributed by atoms with van der Waals surface area (Å²) in [4.78, 5) is 17.0. The Balaban J connectivity index is 2.10. The number of carbonyl (C=O) groups is 1. The maximum Gasteiger partial charge on any atom is 0.223 e. The lowest BCUT2D eigenvalue weighted by molar-refractivity contribution is -0.127. The minimum atomic E-state index is -0.0307. The predicted molar refractivity (Wildman–Crippen MR) is 84.6 cm³/mol. The molecule has 0 aromatic carbocycles. The minimum Gasteiger partial charge on any atom is -0.347 e. The summed E-state index contributed by atoms with van der Waals surface area (Å²) in [5.41, 5.74) is 8.09. The van der Waals surface area contributed by atoms with E-state index in [1.165, 1.54) is 0 Å². The molecule has 4 nitrogen and oxygen atoms in total. The second-order valence-corrected chi connectivity index (χ2v) is 6.56. The third-order valence-corrected chi connectivity index (χ3v) is 4.39. The van der Waals surface area contributed by atoms with E-state index in [0.717, 1.165) is 36.9 Å².